The predicted molar refractivity (Wildman–Crippen MR) is 117 cm³/mol. The van der Waals surface area contributed by atoms with Gasteiger partial charge in [0.15, 0.2) is 16.4 Å². The van der Waals surface area contributed by atoms with Gasteiger partial charge in [0.25, 0.3) is 5.91 Å². The van der Waals surface area contributed by atoms with E-state index in [2.05, 4.69) is 10.4 Å². The van der Waals surface area contributed by atoms with Gasteiger partial charge in [-0.3, -0.25) is 4.79 Å². The molecule has 1 aromatic carbocycles. The molecule has 168 valence electrons. The van der Waals surface area contributed by atoms with E-state index in [-0.39, 0.29) is 23.3 Å². The molecule has 4 rings (SSSR count). The van der Waals surface area contributed by atoms with Crippen LogP contribution in [-0.4, -0.2) is 48.2 Å². The Hall–Kier alpha value is -3.11. The van der Waals surface area contributed by atoms with Crippen molar-refractivity contribution in [3.8, 4) is 11.3 Å². The molecule has 3 aromatic rings. The Kier molecular flexibility index (Phi) is 6.07. The minimum absolute atomic E-state index is 0.0295. The number of carbonyl (C=O) groups is 2. The van der Waals surface area contributed by atoms with E-state index in [4.69, 9.17) is 20.8 Å². The lowest BCUT2D eigenvalue weighted by molar-refractivity contribution is -0.119. The van der Waals surface area contributed by atoms with Crippen molar-refractivity contribution in [1.29, 1.82) is 0 Å². The molecule has 0 spiro atoms. The van der Waals surface area contributed by atoms with Crippen LogP contribution in [0.1, 0.15) is 28.7 Å². The van der Waals surface area contributed by atoms with Crippen LogP contribution in [-0.2, 0) is 19.4 Å². The molecular formula is C21H20ClN3O6S. The van der Waals surface area contributed by atoms with E-state index < -0.39 is 28.3 Å². The molecule has 3 heterocycles. The Morgan fingerprint density at radius 3 is 2.78 bits per heavy atom. The first-order valence-electron chi connectivity index (χ1n) is 9.80. The number of furan rings is 1. The normalized spacial score (nSPS) is 17.2. The molecule has 9 nitrogen and oxygen atoms in total. The smallest absolute Gasteiger partial charge is 0.374 e. The van der Waals surface area contributed by atoms with Crippen molar-refractivity contribution in [3.63, 3.8) is 0 Å². The first-order valence-corrected chi connectivity index (χ1v) is 12.0. The molecule has 0 radical (unpaired) electrons. The van der Waals surface area contributed by atoms with Gasteiger partial charge in [-0.2, -0.15) is 5.10 Å². The van der Waals surface area contributed by atoms with Gasteiger partial charge in [0.05, 0.1) is 28.3 Å². The molecule has 1 saturated heterocycles. The lowest BCUT2D eigenvalue weighted by Gasteiger charge is -2.13. The summed E-state index contributed by atoms with van der Waals surface area (Å²) in [4.78, 5) is 24.6. The van der Waals surface area contributed by atoms with Gasteiger partial charge in [-0.15, -0.1) is 0 Å². The van der Waals surface area contributed by atoms with E-state index in [0.29, 0.717) is 34.3 Å². The zero-order valence-electron chi connectivity index (χ0n) is 17.1. The summed E-state index contributed by atoms with van der Waals surface area (Å²) in [6, 6.07) is 11.3. The van der Waals surface area contributed by atoms with E-state index in [9.17, 15) is 18.0 Å². The summed E-state index contributed by atoms with van der Waals surface area (Å²) in [6.45, 7) is 1.19. The molecule has 0 unspecified atom stereocenters. The minimum atomic E-state index is -3.11. The van der Waals surface area contributed by atoms with Gasteiger partial charge in [-0.25, -0.2) is 17.9 Å². The number of aromatic nitrogens is 2. The van der Waals surface area contributed by atoms with E-state index in [0.717, 1.165) is 0 Å². The van der Waals surface area contributed by atoms with Crippen LogP contribution in [0.15, 0.2) is 46.9 Å². The molecule has 0 aliphatic carbocycles. The molecule has 11 heteroatoms. The van der Waals surface area contributed by atoms with Crippen molar-refractivity contribution in [2.75, 3.05) is 23.4 Å². The van der Waals surface area contributed by atoms with Crippen LogP contribution in [0.4, 0.5) is 5.82 Å². The Morgan fingerprint density at radius 2 is 2.06 bits per heavy atom. The van der Waals surface area contributed by atoms with Crippen LogP contribution < -0.4 is 5.32 Å². The Bertz CT molecular complexity index is 1280. The predicted octanol–water partition coefficient (Wildman–Crippen LogP) is 3.26. The van der Waals surface area contributed by atoms with E-state index >= 15 is 0 Å². The Labute approximate surface area is 189 Å². The maximum atomic E-state index is 12.3. The summed E-state index contributed by atoms with van der Waals surface area (Å²) in [6.07, 6.45) is 0.424. The van der Waals surface area contributed by atoms with Crippen molar-refractivity contribution in [2.45, 2.75) is 19.4 Å². The van der Waals surface area contributed by atoms with Gasteiger partial charge < -0.3 is 14.5 Å². The first kappa shape index (κ1) is 22.1. The largest absolute Gasteiger partial charge is 0.450 e. The lowest BCUT2D eigenvalue weighted by atomic mass is 10.2. The molecule has 1 fully saturated rings. The number of benzene rings is 1. The molecule has 1 aliphatic rings. The first-order chi connectivity index (χ1) is 15.2. The van der Waals surface area contributed by atoms with Crippen molar-refractivity contribution in [3.05, 3.63) is 58.9 Å². The highest BCUT2D eigenvalue weighted by Gasteiger charge is 2.31. The van der Waals surface area contributed by atoms with Crippen LogP contribution in [0, 0.1) is 6.92 Å². The fourth-order valence-corrected chi connectivity index (χ4v) is 5.41. The molecule has 1 aliphatic heterocycles. The van der Waals surface area contributed by atoms with Crippen molar-refractivity contribution in [1.82, 2.24) is 9.78 Å². The number of sulfone groups is 1. The van der Waals surface area contributed by atoms with E-state index in [1.807, 2.05) is 0 Å². The summed E-state index contributed by atoms with van der Waals surface area (Å²) in [5.41, 5.74) is 1.26. The van der Waals surface area contributed by atoms with Crippen molar-refractivity contribution in [2.24, 2.45) is 0 Å². The zero-order valence-corrected chi connectivity index (χ0v) is 18.6. The number of ether oxygens (including phenoxy) is 1. The van der Waals surface area contributed by atoms with Gasteiger partial charge in [0.2, 0.25) is 5.76 Å². The van der Waals surface area contributed by atoms with Gasteiger partial charge >= 0.3 is 5.97 Å². The molecule has 1 N–H and O–H groups in total. The highest BCUT2D eigenvalue weighted by atomic mass is 35.5. The van der Waals surface area contributed by atoms with Gasteiger partial charge in [-0.1, -0.05) is 23.7 Å². The van der Waals surface area contributed by atoms with Crippen LogP contribution in [0.2, 0.25) is 5.02 Å². The number of halogens is 1. The van der Waals surface area contributed by atoms with Crippen molar-refractivity contribution < 1.29 is 27.2 Å². The molecule has 2 aromatic heterocycles. The number of aryl methyl sites for hydroxylation is 1. The van der Waals surface area contributed by atoms with Crippen LogP contribution in [0.3, 0.4) is 0 Å². The third-order valence-electron chi connectivity index (χ3n) is 4.96. The van der Waals surface area contributed by atoms with Crippen LogP contribution in [0.25, 0.3) is 11.3 Å². The molecule has 0 saturated carbocycles. The molecular weight excluding hydrogens is 458 g/mol. The number of carbonyl (C=O) groups excluding carboxylic acids is 2. The maximum Gasteiger partial charge on any atom is 0.374 e. The summed E-state index contributed by atoms with van der Waals surface area (Å²) in [5, 5.41) is 7.39. The third-order valence-corrected chi connectivity index (χ3v) is 7.04. The average molecular weight is 478 g/mol. The molecule has 1 amide bonds. The summed E-state index contributed by atoms with van der Waals surface area (Å²) < 4.78 is 35.6. The zero-order chi connectivity index (χ0) is 22.9. The topological polar surface area (TPSA) is 120 Å². The van der Waals surface area contributed by atoms with Gasteiger partial charge in [-0.05, 0) is 37.6 Å². The number of nitrogens with one attached hydrogen (secondary N) is 1. The molecule has 1 atom stereocenters. The highest BCUT2D eigenvalue weighted by molar-refractivity contribution is 7.91. The SMILES string of the molecule is Cc1cc(NC(=O)COC(=O)c2ccc(-c3ccccc3Cl)o2)n([C@H]2CCS(=O)(=O)C2)n1. The summed E-state index contributed by atoms with van der Waals surface area (Å²) in [5.74, 6) is -0.644. The second-order valence-corrected chi connectivity index (χ2v) is 10.1. The standard InChI is InChI=1S/C21H20ClN3O6S/c1-13-10-19(25(24-13)14-8-9-32(28,29)12-14)23-20(26)11-30-21(27)18-7-6-17(31-18)15-4-2-3-5-16(15)22/h2-7,10,14H,8-9,11-12H2,1H3,(H,23,26)/t14-/m0/s1. The van der Waals surface area contributed by atoms with Crippen molar-refractivity contribution >= 4 is 39.1 Å². The lowest BCUT2D eigenvalue weighted by Crippen LogP contribution is -2.24. The number of rotatable bonds is 6. The number of hydrogen-bond acceptors (Lipinski definition) is 7. The molecule has 0 bridgehead atoms. The summed E-state index contributed by atoms with van der Waals surface area (Å²) in [7, 11) is -3.11. The highest BCUT2D eigenvalue weighted by Crippen LogP contribution is 2.29. The Morgan fingerprint density at radius 1 is 1.28 bits per heavy atom. The number of esters is 1. The van der Waals surface area contributed by atoms with E-state index in [1.165, 1.54) is 10.7 Å². The van der Waals surface area contributed by atoms with Crippen LogP contribution >= 0.6 is 11.6 Å². The van der Waals surface area contributed by atoms with Gasteiger partial charge in [0, 0.05) is 11.6 Å². The third kappa shape index (κ3) is 4.86. The second-order valence-electron chi connectivity index (χ2n) is 7.44. The maximum absolute atomic E-state index is 12.3. The number of hydrogen-bond donors (Lipinski definition) is 1. The fraction of sp³-hybridized carbons (Fsp3) is 0.286. The summed E-state index contributed by atoms with van der Waals surface area (Å²) >= 11 is 6.13. The minimum Gasteiger partial charge on any atom is -0.450 e. The van der Waals surface area contributed by atoms with Gasteiger partial charge in [0.1, 0.15) is 11.6 Å². The number of amides is 1. The fourth-order valence-electron chi connectivity index (χ4n) is 3.49. The second kappa shape index (κ2) is 8.79. The van der Waals surface area contributed by atoms with Crippen LogP contribution in [0.5, 0.6) is 0 Å². The van der Waals surface area contributed by atoms with E-state index in [1.54, 1.807) is 43.3 Å². The molecule has 32 heavy (non-hydrogen) atoms. The number of anilines is 1. The Balaban J connectivity index is 1.37. The average Bonchev–Trinajstić information content (AvgIpc) is 3.45. The monoisotopic (exact) mass is 477 g/mol. The number of nitrogens with zero attached hydrogens (tertiary/aromatic N) is 2. The quantitative estimate of drug-likeness (QED) is 0.541.